The third kappa shape index (κ3) is 5.74. The zero-order chi connectivity index (χ0) is 47.9. The van der Waals surface area contributed by atoms with Crippen molar-refractivity contribution < 1.29 is 0 Å². The first-order valence-corrected chi connectivity index (χ1v) is 28.6. The maximum absolute atomic E-state index is 5.98. The molecule has 0 fully saturated rings. The number of fused-ring (bicyclic) bond motifs is 16. The Balaban J connectivity index is 0.947. The Morgan fingerprint density at radius 3 is 1.10 bits per heavy atom. The molecule has 0 atom stereocenters. The summed E-state index contributed by atoms with van der Waals surface area (Å²) in [5, 5.41) is 13.8. The van der Waals surface area contributed by atoms with E-state index >= 15 is 0 Å². The SMILES string of the molecule is S[P+]1(c2ccccc2)c2ccc(-n3c4ccccc4c4ccc5c(c6ccccc6n5-c5ccccc5)c43)cc2Sc2cc(-n3c4ccccc4c4ccc5c(c6ccccc6n5-c5ccccc5)c43)ccc21. The smallest absolute Gasteiger partial charge is 0.169 e. The monoisotopic (exact) mass is 985 g/mol. The van der Waals surface area contributed by atoms with Crippen molar-refractivity contribution in [3.8, 4) is 22.7 Å². The van der Waals surface area contributed by atoms with Crippen molar-refractivity contribution in [2.75, 3.05) is 0 Å². The van der Waals surface area contributed by atoms with Gasteiger partial charge in [0.05, 0.1) is 53.9 Å². The summed E-state index contributed by atoms with van der Waals surface area (Å²) in [5.41, 5.74) is 14.1. The topological polar surface area (TPSA) is 19.7 Å². The Labute approximate surface area is 430 Å². The van der Waals surface area contributed by atoms with Crippen LogP contribution in [0, 0.1) is 0 Å². The summed E-state index contributed by atoms with van der Waals surface area (Å²) in [6.45, 7) is -2.44. The van der Waals surface area contributed by atoms with Gasteiger partial charge in [-0.25, -0.2) is 0 Å². The Hall–Kier alpha value is -8.25. The van der Waals surface area contributed by atoms with E-state index in [2.05, 4.69) is 267 Å². The number of para-hydroxylation sites is 6. The number of hydrogen-bond acceptors (Lipinski definition) is 2. The fourth-order valence-corrected chi connectivity index (χ4v) is 19.1. The largest absolute Gasteiger partial charge is 0.309 e. The van der Waals surface area contributed by atoms with Gasteiger partial charge >= 0.3 is 0 Å². The van der Waals surface area contributed by atoms with Crippen LogP contribution in [-0.2, 0) is 0 Å². The summed E-state index contributed by atoms with van der Waals surface area (Å²) in [5.74, 6) is 0. The van der Waals surface area contributed by atoms with Gasteiger partial charge in [0.25, 0.3) is 0 Å². The molecule has 5 heterocycles. The molecule has 0 aliphatic carbocycles. The first kappa shape index (κ1) is 41.4. The maximum Gasteiger partial charge on any atom is 0.169 e. The van der Waals surface area contributed by atoms with E-state index in [1.807, 2.05) is 11.8 Å². The highest BCUT2D eigenvalue weighted by Crippen LogP contribution is 2.65. The average molecular weight is 986 g/mol. The van der Waals surface area contributed by atoms with Crippen molar-refractivity contribution in [1.82, 2.24) is 18.3 Å². The van der Waals surface area contributed by atoms with Crippen LogP contribution in [0.5, 0.6) is 0 Å². The third-order valence-corrected chi connectivity index (χ3v) is 22.0. The maximum atomic E-state index is 5.98. The molecule has 15 aromatic rings. The highest BCUT2D eigenvalue weighted by atomic mass is 32.7. The fraction of sp³-hybridized carbons (Fsp3) is 0. The lowest BCUT2D eigenvalue weighted by Gasteiger charge is -2.29. The molecule has 0 saturated heterocycles. The van der Waals surface area contributed by atoms with Crippen LogP contribution in [0.4, 0.5) is 0 Å². The first-order valence-electron chi connectivity index (χ1n) is 24.8. The molecule has 16 rings (SSSR count). The van der Waals surface area contributed by atoms with Gasteiger partial charge in [-0.2, -0.15) is 0 Å². The first-order chi connectivity index (χ1) is 36.1. The average Bonchev–Trinajstić information content (AvgIpc) is 4.19. The van der Waals surface area contributed by atoms with Gasteiger partial charge < -0.3 is 18.3 Å². The van der Waals surface area contributed by atoms with Crippen molar-refractivity contribution >= 4 is 134 Å². The Morgan fingerprint density at radius 1 is 0.288 bits per heavy atom. The highest BCUT2D eigenvalue weighted by Gasteiger charge is 2.49. The normalized spacial score (nSPS) is 13.3. The Bertz CT molecular complexity index is 4500. The molecule has 11 aromatic carbocycles. The van der Waals surface area contributed by atoms with Gasteiger partial charge in [0.1, 0.15) is 15.9 Å². The minimum absolute atomic E-state index is 1.13. The van der Waals surface area contributed by atoms with Crippen molar-refractivity contribution in [2.45, 2.75) is 9.79 Å². The standard InChI is InChI=1S/C66H42N4PS2/c72-71(46-22-8-3-9-23-46)59-38-32-44(69-53-28-14-10-24-47(53)49-34-36-57-63(65(49)69)51-26-12-16-30-55(51)67(57)42-18-4-1-5-19-42)40-61(59)73-62-41-45(33-39-60(62)71)70-54-29-15-11-25-48(54)50-35-37-58-64(66(50)70)52-27-13-17-31-56(52)68(58)43-20-6-2-7-21-43/h1-41,72H/q+1. The van der Waals surface area contributed by atoms with Crippen LogP contribution >= 0.6 is 30.5 Å². The van der Waals surface area contributed by atoms with Gasteiger partial charge in [0, 0.05) is 78.1 Å². The molecule has 0 saturated carbocycles. The number of rotatable bonds is 5. The van der Waals surface area contributed by atoms with E-state index in [1.54, 1.807) is 0 Å². The second-order valence-electron chi connectivity index (χ2n) is 19.2. The zero-order valence-corrected chi connectivity index (χ0v) is 41.9. The van der Waals surface area contributed by atoms with Crippen molar-refractivity contribution in [3.63, 3.8) is 0 Å². The number of hydrogen-bond donors (Lipinski definition) is 1. The van der Waals surface area contributed by atoms with E-state index in [4.69, 9.17) is 12.2 Å². The lowest BCUT2D eigenvalue weighted by atomic mass is 10.1. The number of aromatic nitrogens is 4. The molecule has 4 aromatic heterocycles. The minimum atomic E-state index is -2.44. The molecule has 0 N–H and O–H groups in total. The summed E-state index contributed by atoms with van der Waals surface area (Å²) in [7, 11) is 0. The van der Waals surface area contributed by atoms with Crippen LogP contribution in [0.25, 0.3) is 110 Å². The van der Waals surface area contributed by atoms with Gasteiger partial charge in [0.2, 0.25) is 0 Å². The zero-order valence-electron chi connectivity index (χ0n) is 39.3. The summed E-state index contributed by atoms with van der Waals surface area (Å²) in [6.07, 6.45) is 0. The Kier molecular flexibility index (Phi) is 8.86. The van der Waals surface area contributed by atoms with Gasteiger partial charge in [-0.15, -0.1) is 0 Å². The van der Waals surface area contributed by atoms with Gasteiger partial charge in [-0.1, -0.05) is 151 Å². The lowest BCUT2D eigenvalue weighted by Crippen LogP contribution is -2.32. The molecule has 4 nitrogen and oxygen atoms in total. The van der Waals surface area contributed by atoms with E-state index in [9.17, 15) is 0 Å². The predicted molar refractivity (Wildman–Crippen MR) is 316 cm³/mol. The molecule has 1 aliphatic rings. The molecule has 0 amide bonds. The van der Waals surface area contributed by atoms with Gasteiger partial charge in [-0.3, -0.25) is 0 Å². The number of benzene rings is 11. The van der Waals surface area contributed by atoms with Crippen LogP contribution in [-0.4, -0.2) is 18.3 Å². The number of thiol groups is 1. The van der Waals surface area contributed by atoms with Crippen molar-refractivity contribution in [3.05, 3.63) is 249 Å². The van der Waals surface area contributed by atoms with Gasteiger partial charge in [0.15, 0.2) is 6.46 Å². The summed E-state index contributed by atoms with van der Waals surface area (Å²) in [6, 6.07) is 91.8. The molecule has 1 aliphatic heterocycles. The molecular weight excluding hydrogens is 944 g/mol. The predicted octanol–water partition coefficient (Wildman–Crippen LogP) is 16.7. The molecule has 0 bridgehead atoms. The number of nitrogens with zero attached hydrogens (tertiary/aromatic N) is 4. The molecule has 73 heavy (non-hydrogen) atoms. The quantitative estimate of drug-likeness (QED) is 0.135. The summed E-state index contributed by atoms with van der Waals surface area (Å²) in [4.78, 5) is 2.46. The minimum Gasteiger partial charge on any atom is -0.309 e. The van der Waals surface area contributed by atoms with Crippen LogP contribution < -0.4 is 15.9 Å². The summed E-state index contributed by atoms with van der Waals surface area (Å²) >= 11 is 7.87. The van der Waals surface area contributed by atoms with E-state index in [0.29, 0.717) is 0 Å². The molecule has 0 spiro atoms. The van der Waals surface area contributed by atoms with Crippen LogP contribution in [0.1, 0.15) is 0 Å². The summed E-state index contributed by atoms with van der Waals surface area (Å²) < 4.78 is 9.90. The van der Waals surface area contributed by atoms with Crippen LogP contribution in [0.15, 0.2) is 259 Å². The van der Waals surface area contributed by atoms with Crippen LogP contribution in [0.2, 0.25) is 0 Å². The van der Waals surface area contributed by atoms with E-state index in [1.165, 1.54) is 113 Å². The Morgan fingerprint density at radius 2 is 0.658 bits per heavy atom. The fourth-order valence-electron chi connectivity index (χ4n) is 12.4. The van der Waals surface area contributed by atoms with Crippen molar-refractivity contribution in [1.29, 1.82) is 0 Å². The van der Waals surface area contributed by atoms with Gasteiger partial charge in [-0.05, 0) is 109 Å². The van der Waals surface area contributed by atoms with E-state index < -0.39 is 6.46 Å². The molecular formula is C66H42N4PS2+. The van der Waals surface area contributed by atoms with Crippen molar-refractivity contribution in [2.24, 2.45) is 0 Å². The molecule has 7 heteroatoms. The second kappa shape index (κ2) is 15.6. The highest BCUT2D eigenvalue weighted by molar-refractivity contribution is 8.61. The second-order valence-corrected chi connectivity index (χ2v) is 24.8. The molecule has 342 valence electrons. The van der Waals surface area contributed by atoms with E-state index in [0.717, 1.165) is 22.7 Å². The third-order valence-electron chi connectivity index (χ3n) is 15.4. The lowest BCUT2D eigenvalue weighted by molar-refractivity contribution is 1.16. The van der Waals surface area contributed by atoms with Crippen LogP contribution in [0.3, 0.4) is 0 Å². The molecule has 0 radical (unpaired) electrons. The molecule has 0 unspecified atom stereocenters. The van der Waals surface area contributed by atoms with E-state index in [-0.39, 0.29) is 0 Å².